The van der Waals surface area contributed by atoms with Gasteiger partial charge in [0.1, 0.15) is 0 Å². The molecule has 0 aliphatic carbocycles. The van der Waals surface area contributed by atoms with Gasteiger partial charge >= 0.3 is 5.97 Å². The van der Waals surface area contributed by atoms with Crippen molar-refractivity contribution in [2.75, 3.05) is 0 Å². The zero-order valence-electron chi connectivity index (χ0n) is 6.05. The second-order valence-electron chi connectivity index (χ2n) is 2.27. The summed E-state index contributed by atoms with van der Waals surface area (Å²) in [6, 6.07) is 5.20. The number of benzene rings is 1. The van der Waals surface area contributed by atoms with Crippen molar-refractivity contribution in [2.24, 2.45) is 0 Å². The van der Waals surface area contributed by atoms with Gasteiger partial charge in [0.2, 0.25) is 0 Å². The van der Waals surface area contributed by atoms with Gasteiger partial charge in [0.15, 0.2) is 0 Å². The van der Waals surface area contributed by atoms with E-state index in [4.69, 9.17) is 16.7 Å². The number of aliphatic carboxylic acids is 1. The highest BCUT2D eigenvalue weighted by Gasteiger charge is 2.08. The highest BCUT2D eigenvalue weighted by molar-refractivity contribution is 9.10. The molecular weight excluding hydrogens is 243 g/mol. The minimum absolute atomic E-state index is 0.0553. The van der Waals surface area contributed by atoms with Crippen LogP contribution in [0.2, 0.25) is 5.02 Å². The molecule has 1 rings (SSSR count). The molecule has 0 aromatic heterocycles. The number of carboxylic acids is 1. The van der Waals surface area contributed by atoms with Crippen molar-refractivity contribution >= 4 is 33.5 Å². The molecule has 4 heteroatoms. The molecule has 12 heavy (non-hydrogen) atoms. The van der Waals surface area contributed by atoms with Gasteiger partial charge in [-0.15, -0.1) is 0 Å². The molecule has 0 spiro atoms. The molecular formula is C8H6BrClO2. The lowest BCUT2D eigenvalue weighted by molar-refractivity contribution is -0.136. The van der Waals surface area contributed by atoms with Gasteiger partial charge in [0.05, 0.1) is 6.42 Å². The van der Waals surface area contributed by atoms with E-state index in [1.54, 1.807) is 18.2 Å². The highest BCUT2D eigenvalue weighted by Crippen LogP contribution is 2.24. The maximum Gasteiger partial charge on any atom is 0.307 e. The Morgan fingerprint density at radius 2 is 2.25 bits per heavy atom. The third kappa shape index (κ3) is 2.22. The lowest BCUT2D eigenvalue weighted by atomic mass is 10.1. The SMILES string of the molecule is O=C(O)Cc1c(Cl)cccc1Br. The molecule has 0 fully saturated rings. The van der Waals surface area contributed by atoms with Gasteiger partial charge in [0, 0.05) is 9.50 Å². The summed E-state index contributed by atoms with van der Waals surface area (Å²) in [4.78, 5) is 10.4. The third-order valence-electron chi connectivity index (χ3n) is 1.39. The van der Waals surface area contributed by atoms with Crippen LogP contribution < -0.4 is 0 Å². The molecule has 2 nitrogen and oxygen atoms in total. The predicted molar refractivity (Wildman–Crippen MR) is 50.5 cm³/mol. The van der Waals surface area contributed by atoms with Crippen molar-refractivity contribution in [3.63, 3.8) is 0 Å². The van der Waals surface area contributed by atoms with Crippen LogP contribution in [0.5, 0.6) is 0 Å². The van der Waals surface area contributed by atoms with E-state index in [-0.39, 0.29) is 6.42 Å². The molecule has 0 saturated heterocycles. The van der Waals surface area contributed by atoms with E-state index in [1.807, 2.05) is 0 Å². The van der Waals surface area contributed by atoms with Crippen LogP contribution in [-0.4, -0.2) is 11.1 Å². The van der Waals surface area contributed by atoms with Crippen LogP contribution in [-0.2, 0) is 11.2 Å². The largest absolute Gasteiger partial charge is 0.481 e. The van der Waals surface area contributed by atoms with Gasteiger partial charge in [-0.1, -0.05) is 33.6 Å². The average molecular weight is 249 g/mol. The van der Waals surface area contributed by atoms with Crippen molar-refractivity contribution in [3.8, 4) is 0 Å². The second-order valence-corrected chi connectivity index (χ2v) is 3.53. The first-order valence-electron chi connectivity index (χ1n) is 3.26. The average Bonchev–Trinajstić information content (AvgIpc) is 1.97. The van der Waals surface area contributed by atoms with Crippen LogP contribution in [0.25, 0.3) is 0 Å². The number of rotatable bonds is 2. The van der Waals surface area contributed by atoms with E-state index in [1.165, 1.54) is 0 Å². The van der Waals surface area contributed by atoms with E-state index in [2.05, 4.69) is 15.9 Å². The number of carboxylic acid groups (broad SMARTS) is 1. The fraction of sp³-hybridized carbons (Fsp3) is 0.125. The van der Waals surface area contributed by atoms with Crippen molar-refractivity contribution < 1.29 is 9.90 Å². The van der Waals surface area contributed by atoms with Gasteiger partial charge in [-0.25, -0.2) is 0 Å². The Kier molecular flexibility index (Phi) is 3.12. The molecule has 0 bridgehead atoms. The lowest BCUT2D eigenvalue weighted by Gasteiger charge is -2.02. The fourth-order valence-corrected chi connectivity index (χ4v) is 1.71. The van der Waals surface area contributed by atoms with Crippen LogP contribution in [0.15, 0.2) is 22.7 Å². The maximum atomic E-state index is 10.4. The Morgan fingerprint density at radius 3 is 2.75 bits per heavy atom. The maximum absolute atomic E-state index is 10.4. The van der Waals surface area contributed by atoms with Crippen LogP contribution in [0, 0.1) is 0 Å². The smallest absolute Gasteiger partial charge is 0.307 e. The molecule has 64 valence electrons. The zero-order chi connectivity index (χ0) is 9.14. The van der Waals surface area contributed by atoms with E-state index in [0.717, 1.165) is 4.47 Å². The Hall–Kier alpha value is -0.540. The van der Waals surface area contributed by atoms with Gasteiger partial charge in [-0.3, -0.25) is 4.79 Å². The zero-order valence-corrected chi connectivity index (χ0v) is 8.39. The minimum atomic E-state index is -0.885. The van der Waals surface area contributed by atoms with Gasteiger partial charge in [-0.05, 0) is 17.7 Å². The van der Waals surface area contributed by atoms with Gasteiger partial charge in [-0.2, -0.15) is 0 Å². The molecule has 1 aromatic carbocycles. The summed E-state index contributed by atoms with van der Waals surface area (Å²) in [5.74, 6) is -0.885. The van der Waals surface area contributed by atoms with Gasteiger partial charge < -0.3 is 5.11 Å². The number of hydrogen-bond donors (Lipinski definition) is 1. The normalized spacial score (nSPS) is 9.83. The molecule has 0 radical (unpaired) electrons. The lowest BCUT2D eigenvalue weighted by Crippen LogP contribution is -2.01. The molecule has 0 amide bonds. The molecule has 0 aliphatic rings. The van der Waals surface area contributed by atoms with Crippen molar-refractivity contribution in [3.05, 3.63) is 33.3 Å². The van der Waals surface area contributed by atoms with E-state index < -0.39 is 5.97 Å². The van der Waals surface area contributed by atoms with Crippen molar-refractivity contribution in [1.82, 2.24) is 0 Å². The van der Waals surface area contributed by atoms with Gasteiger partial charge in [0.25, 0.3) is 0 Å². The summed E-state index contributed by atoms with van der Waals surface area (Å²) in [7, 11) is 0. The third-order valence-corrected chi connectivity index (χ3v) is 2.49. The first kappa shape index (κ1) is 9.55. The van der Waals surface area contributed by atoms with Crippen LogP contribution >= 0.6 is 27.5 Å². The topological polar surface area (TPSA) is 37.3 Å². The number of carbonyl (C=O) groups is 1. The molecule has 0 aliphatic heterocycles. The Bertz CT molecular complexity index is 292. The summed E-state index contributed by atoms with van der Waals surface area (Å²) >= 11 is 9.01. The van der Waals surface area contributed by atoms with Crippen molar-refractivity contribution in [2.45, 2.75) is 6.42 Å². The van der Waals surface area contributed by atoms with Crippen LogP contribution in [0.1, 0.15) is 5.56 Å². The van der Waals surface area contributed by atoms with Crippen LogP contribution in [0.4, 0.5) is 0 Å². The molecule has 1 N–H and O–H groups in total. The Labute approximate surface area is 83.3 Å². The number of halogens is 2. The van der Waals surface area contributed by atoms with E-state index in [0.29, 0.717) is 10.6 Å². The molecule has 0 heterocycles. The predicted octanol–water partition coefficient (Wildman–Crippen LogP) is 2.73. The molecule has 0 atom stereocenters. The number of hydrogen-bond acceptors (Lipinski definition) is 1. The molecule has 0 saturated carbocycles. The van der Waals surface area contributed by atoms with E-state index in [9.17, 15) is 4.79 Å². The Morgan fingerprint density at radius 1 is 1.58 bits per heavy atom. The first-order chi connectivity index (χ1) is 5.61. The quantitative estimate of drug-likeness (QED) is 0.875. The monoisotopic (exact) mass is 248 g/mol. The molecule has 0 unspecified atom stereocenters. The standard InChI is InChI=1S/C8H6BrClO2/c9-6-2-1-3-7(10)5(6)4-8(11)12/h1-3H,4H2,(H,11,12). The summed E-state index contributed by atoms with van der Waals surface area (Å²) in [5, 5.41) is 9.01. The van der Waals surface area contributed by atoms with E-state index >= 15 is 0 Å². The minimum Gasteiger partial charge on any atom is -0.481 e. The second kappa shape index (κ2) is 3.92. The molecule has 1 aromatic rings. The highest BCUT2D eigenvalue weighted by atomic mass is 79.9. The summed E-state index contributed by atoms with van der Waals surface area (Å²) in [5.41, 5.74) is 0.617. The first-order valence-corrected chi connectivity index (χ1v) is 4.43. The fourth-order valence-electron chi connectivity index (χ4n) is 0.852. The summed E-state index contributed by atoms with van der Waals surface area (Å²) in [6.45, 7) is 0. The summed E-state index contributed by atoms with van der Waals surface area (Å²) < 4.78 is 0.734. The van der Waals surface area contributed by atoms with Crippen molar-refractivity contribution in [1.29, 1.82) is 0 Å². The van der Waals surface area contributed by atoms with Crippen LogP contribution in [0.3, 0.4) is 0 Å². The summed E-state index contributed by atoms with van der Waals surface area (Å²) in [6.07, 6.45) is -0.0553. The Balaban J connectivity index is 3.04.